The number of nitrogens with zero attached hydrogens (tertiary/aromatic N) is 2. The van der Waals surface area contributed by atoms with Gasteiger partial charge in [0.1, 0.15) is 18.0 Å². The van der Waals surface area contributed by atoms with Crippen molar-refractivity contribution in [3.05, 3.63) is 11.9 Å². The maximum absolute atomic E-state index is 5.74. The van der Waals surface area contributed by atoms with E-state index in [0.29, 0.717) is 12.4 Å². The molecule has 1 rings (SSSR count). The molecule has 5 nitrogen and oxygen atoms in total. The van der Waals surface area contributed by atoms with Gasteiger partial charge in [-0.05, 0) is 13.3 Å². The zero-order valence-corrected chi connectivity index (χ0v) is 9.29. The van der Waals surface area contributed by atoms with Crippen molar-refractivity contribution in [1.29, 1.82) is 0 Å². The number of nitrogens with one attached hydrogen (secondary N) is 1. The molecule has 0 aromatic carbocycles. The predicted octanol–water partition coefficient (Wildman–Crippen LogP) is 1.07. The molecule has 0 aliphatic rings. The van der Waals surface area contributed by atoms with Gasteiger partial charge in [0.15, 0.2) is 0 Å². The first-order valence-electron chi connectivity index (χ1n) is 5.20. The Morgan fingerprint density at radius 2 is 2.20 bits per heavy atom. The molecule has 15 heavy (non-hydrogen) atoms. The van der Waals surface area contributed by atoms with E-state index >= 15 is 0 Å². The predicted molar refractivity (Wildman–Crippen MR) is 60.8 cm³/mol. The molecular weight excluding hydrogens is 192 g/mol. The van der Waals surface area contributed by atoms with E-state index in [0.717, 1.165) is 31.0 Å². The zero-order chi connectivity index (χ0) is 11.1. The van der Waals surface area contributed by atoms with Crippen molar-refractivity contribution in [3.63, 3.8) is 0 Å². The number of anilines is 2. The molecule has 0 radical (unpaired) electrons. The van der Waals surface area contributed by atoms with Crippen molar-refractivity contribution in [2.24, 2.45) is 0 Å². The standard InChI is InChI=1S/C10H18N4O/c1-3-8-9(11)13-7-14-10(8)12-5-6-15-4-2/h7H,3-6H2,1-2H3,(H3,11,12,13,14). The topological polar surface area (TPSA) is 73.1 Å². The van der Waals surface area contributed by atoms with Crippen molar-refractivity contribution in [2.75, 3.05) is 30.8 Å². The second-order valence-corrected chi connectivity index (χ2v) is 3.06. The van der Waals surface area contributed by atoms with Crippen LogP contribution in [0.3, 0.4) is 0 Å². The normalized spacial score (nSPS) is 10.3. The molecule has 0 bridgehead atoms. The summed E-state index contributed by atoms with van der Waals surface area (Å²) in [5, 5.41) is 3.18. The second kappa shape index (κ2) is 6.19. The van der Waals surface area contributed by atoms with E-state index < -0.39 is 0 Å². The van der Waals surface area contributed by atoms with Crippen LogP contribution in [0.4, 0.5) is 11.6 Å². The fraction of sp³-hybridized carbons (Fsp3) is 0.600. The monoisotopic (exact) mass is 210 g/mol. The molecular formula is C10H18N4O. The number of hydrogen-bond donors (Lipinski definition) is 2. The summed E-state index contributed by atoms with van der Waals surface area (Å²) >= 11 is 0. The van der Waals surface area contributed by atoms with Gasteiger partial charge in [-0.1, -0.05) is 6.92 Å². The van der Waals surface area contributed by atoms with Crippen molar-refractivity contribution in [1.82, 2.24) is 9.97 Å². The minimum atomic E-state index is 0.548. The lowest BCUT2D eigenvalue weighted by Crippen LogP contribution is -2.13. The summed E-state index contributed by atoms with van der Waals surface area (Å²) in [5.41, 5.74) is 6.71. The highest BCUT2D eigenvalue weighted by Gasteiger charge is 2.05. The smallest absolute Gasteiger partial charge is 0.134 e. The van der Waals surface area contributed by atoms with Crippen molar-refractivity contribution < 1.29 is 4.74 Å². The van der Waals surface area contributed by atoms with Gasteiger partial charge in [0, 0.05) is 18.7 Å². The molecule has 0 unspecified atom stereocenters. The van der Waals surface area contributed by atoms with Crippen LogP contribution in [-0.4, -0.2) is 29.7 Å². The Balaban J connectivity index is 2.56. The minimum Gasteiger partial charge on any atom is -0.383 e. The summed E-state index contributed by atoms with van der Waals surface area (Å²) in [7, 11) is 0. The molecule has 0 fully saturated rings. The van der Waals surface area contributed by atoms with Crippen LogP contribution < -0.4 is 11.1 Å². The van der Waals surface area contributed by atoms with Gasteiger partial charge in [0.2, 0.25) is 0 Å². The molecule has 1 aromatic heterocycles. The summed E-state index contributed by atoms with van der Waals surface area (Å²) in [6, 6.07) is 0. The van der Waals surface area contributed by atoms with Crippen molar-refractivity contribution in [2.45, 2.75) is 20.3 Å². The Morgan fingerprint density at radius 1 is 1.40 bits per heavy atom. The third-order valence-electron chi connectivity index (χ3n) is 2.08. The number of nitrogen functional groups attached to an aromatic ring is 1. The Kier molecular flexibility index (Phi) is 4.83. The van der Waals surface area contributed by atoms with E-state index in [2.05, 4.69) is 15.3 Å². The molecule has 0 amide bonds. The van der Waals surface area contributed by atoms with Crippen LogP contribution in [0.1, 0.15) is 19.4 Å². The minimum absolute atomic E-state index is 0.548. The lowest BCUT2D eigenvalue weighted by atomic mass is 10.2. The van der Waals surface area contributed by atoms with Gasteiger partial charge in [0.05, 0.1) is 6.61 Å². The third kappa shape index (κ3) is 3.36. The van der Waals surface area contributed by atoms with E-state index in [1.165, 1.54) is 6.33 Å². The molecule has 0 saturated carbocycles. The van der Waals surface area contributed by atoms with Crippen LogP contribution in [0, 0.1) is 0 Å². The van der Waals surface area contributed by atoms with E-state index in [-0.39, 0.29) is 0 Å². The van der Waals surface area contributed by atoms with Gasteiger partial charge in [-0.3, -0.25) is 0 Å². The Hall–Kier alpha value is -1.36. The highest BCUT2D eigenvalue weighted by atomic mass is 16.5. The maximum atomic E-state index is 5.74. The highest BCUT2D eigenvalue weighted by Crippen LogP contribution is 2.16. The number of nitrogens with two attached hydrogens (primary N) is 1. The summed E-state index contributed by atoms with van der Waals surface area (Å²) in [6.45, 7) is 6.14. The molecule has 84 valence electrons. The molecule has 0 saturated heterocycles. The summed E-state index contributed by atoms with van der Waals surface area (Å²) in [5.74, 6) is 1.36. The van der Waals surface area contributed by atoms with E-state index in [4.69, 9.17) is 10.5 Å². The van der Waals surface area contributed by atoms with Gasteiger partial charge in [-0.15, -0.1) is 0 Å². The Labute approximate surface area is 90.1 Å². The number of aromatic nitrogens is 2. The second-order valence-electron chi connectivity index (χ2n) is 3.06. The quantitative estimate of drug-likeness (QED) is 0.687. The van der Waals surface area contributed by atoms with Crippen molar-refractivity contribution >= 4 is 11.6 Å². The summed E-state index contributed by atoms with van der Waals surface area (Å²) in [4.78, 5) is 8.10. The number of rotatable bonds is 6. The summed E-state index contributed by atoms with van der Waals surface area (Å²) in [6.07, 6.45) is 2.29. The van der Waals surface area contributed by atoms with Crippen LogP contribution >= 0.6 is 0 Å². The highest BCUT2D eigenvalue weighted by molar-refractivity contribution is 5.54. The molecule has 0 aliphatic carbocycles. The Bertz CT molecular complexity index is 303. The first-order chi connectivity index (χ1) is 7.29. The fourth-order valence-electron chi connectivity index (χ4n) is 1.31. The number of hydrogen-bond acceptors (Lipinski definition) is 5. The lowest BCUT2D eigenvalue weighted by Gasteiger charge is -2.10. The average Bonchev–Trinajstić information content (AvgIpc) is 2.24. The van der Waals surface area contributed by atoms with E-state index in [1.54, 1.807) is 0 Å². The fourth-order valence-corrected chi connectivity index (χ4v) is 1.31. The van der Waals surface area contributed by atoms with Crippen molar-refractivity contribution in [3.8, 4) is 0 Å². The van der Waals surface area contributed by atoms with Gasteiger partial charge < -0.3 is 15.8 Å². The molecule has 3 N–H and O–H groups in total. The molecule has 1 aromatic rings. The SMILES string of the molecule is CCOCCNc1ncnc(N)c1CC. The summed E-state index contributed by atoms with van der Waals surface area (Å²) < 4.78 is 5.22. The first kappa shape index (κ1) is 11.7. The van der Waals surface area contributed by atoms with Crippen LogP contribution in [-0.2, 0) is 11.2 Å². The largest absolute Gasteiger partial charge is 0.383 e. The molecule has 0 aliphatic heterocycles. The van der Waals surface area contributed by atoms with Gasteiger partial charge in [0.25, 0.3) is 0 Å². The van der Waals surface area contributed by atoms with Crippen LogP contribution in [0.25, 0.3) is 0 Å². The van der Waals surface area contributed by atoms with Crippen LogP contribution in [0.5, 0.6) is 0 Å². The van der Waals surface area contributed by atoms with Gasteiger partial charge in [-0.25, -0.2) is 9.97 Å². The van der Waals surface area contributed by atoms with E-state index in [9.17, 15) is 0 Å². The maximum Gasteiger partial charge on any atom is 0.134 e. The molecule has 1 heterocycles. The van der Waals surface area contributed by atoms with Crippen LogP contribution in [0.15, 0.2) is 6.33 Å². The first-order valence-corrected chi connectivity index (χ1v) is 5.20. The Morgan fingerprint density at radius 3 is 2.87 bits per heavy atom. The molecule has 0 atom stereocenters. The number of ether oxygens (including phenoxy) is 1. The van der Waals surface area contributed by atoms with Gasteiger partial charge in [-0.2, -0.15) is 0 Å². The third-order valence-corrected chi connectivity index (χ3v) is 2.08. The van der Waals surface area contributed by atoms with E-state index in [1.807, 2.05) is 13.8 Å². The zero-order valence-electron chi connectivity index (χ0n) is 9.29. The molecule has 0 spiro atoms. The average molecular weight is 210 g/mol. The van der Waals surface area contributed by atoms with Crippen LogP contribution in [0.2, 0.25) is 0 Å². The molecule has 5 heteroatoms. The van der Waals surface area contributed by atoms with Gasteiger partial charge >= 0.3 is 0 Å². The lowest BCUT2D eigenvalue weighted by molar-refractivity contribution is 0.158.